The number of carbonyl (C=O) groups is 1. The highest BCUT2D eigenvalue weighted by atomic mass is 35.5. The van der Waals surface area contributed by atoms with Crippen molar-refractivity contribution in [1.29, 1.82) is 0 Å². The molecule has 2 aromatic heterocycles. The molecule has 0 radical (unpaired) electrons. The first kappa shape index (κ1) is 28.4. The number of rotatable bonds is 10. The zero-order valence-corrected chi connectivity index (χ0v) is 24.1. The Kier molecular flexibility index (Phi) is 8.72. The molecule has 0 aliphatic rings. The SMILES string of the molecule is CCC(C(=O)ONS(=O)(=O)c1cccc(-c2nccs2)c1)c1cnc(NS(=O)(=O)c2cc(Cl)cc(Cl)c2)s1. The Labute approximate surface area is 236 Å². The minimum absolute atomic E-state index is 0.0121. The van der Waals surface area contributed by atoms with E-state index in [-0.39, 0.29) is 31.4 Å². The molecular formula is C22H18Cl2N4O6S4. The van der Waals surface area contributed by atoms with Crippen molar-refractivity contribution in [2.45, 2.75) is 29.1 Å². The predicted octanol–water partition coefficient (Wildman–Crippen LogP) is 5.30. The quantitative estimate of drug-likeness (QED) is 0.224. The minimum Gasteiger partial charge on any atom is -0.355 e. The molecule has 200 valence electrons. The minimum atomic E-state index is -4.19. The van der Waals surface area contributed by atoms with Crippen LogP contribution in [0.25, 0.3) is 10.6 Å². The van der Waals surface area contributed by atoms with Crippen molar-refractivity contribution >= 4 is 77.0 Å². The summed E-state index contributed by atoms with van der Waals surface area (Å²) in [5, 5.41) is 2.68. The third-order valence-corrected chi connectivity index (χ3v) is 9.91. The predicted molar refractivity (Wildman–Crippen MR) is 146 cm³/mol. The number of sulfonamides is 2. The molecule has 1 atom stereocenters. The highest BCUT2D eigenvalue weighted by Crippen LogP contribution is 2.31. The van der Waals surface area contributed by atoms with Gasteiger partial charge in [-0.2, -0.15) is 0 Å². The fraction of sp³-hybridized carbons (Fsp3) is 0.136. The Morgan fingerprint density at radius 3 is 2.42 bits per heavy atom. The molecule has 0 fully saturated rings. The number of nitrogens with zero attached hydrogens (tertiary/aromatic N) is 2. The molecule has 2 heterocycles. The van der Waals surface area contributed by atoms with Crippen LogP contribution in [0.1, 0.15) is 24.1 Å². The van der Waals surface area contributed by atoms with E-state index in [1.54, 1.807) is 30.6 Å². The van der Waals surface area contributed by atoms with Crippen molar-refractivity contribution in [2.75, 3.05) is 4.72 Å². The maximum Gasteiger partial charge on any atom is 0.334 e. The van der Waals surface area contributed by atoms with Crippen LogP contribution in [0.2, 0.25) is 10.0 Å². The first-order valence-electron chi connectivity index (χ1n) is 10.7. The zero-order chi connectivity index (χ0) is 27.5. The lowest BCUT2D eigenvalue weighted by atomic mass is 10.1. The fourth-order valence-electron chi connectivity index (χ4n) is 3.21. The largest absolute Gasteiger partial charge is 0.355 e. The first-order chi connectivity index (χ1) is 18.0. The topological polar surface area (TPSA) is 144 Å². The van der Waals surface area contributed by atoms with E-state index >= 15 is 0 Å². The highest BCUT2D eigenvalue weighted by molar-refractivity contribution is 7.93. The van der Waals surface area contributed by atoms with E-state index in [2.05, 4.69) is 14.7 Å². The van der Waals surface area contributed by atoms with Crippen LogP contribution >= 0.6 is 45.9 Å². The smallest absolute Gasteiger partial charge is 0.334 e. The van der Waals surface area contributed by atoms with E-state index in [1.807, 2.05) is 4.89 Å². The molecule has 0 bridgehead atoms. The number of hydrogen-bond acceptors (Lipinski definition) is 10. The number of halogens is 2. The number of anilines is 1. The highest BCUT2D eigenvalue weighted by Gasteiger charge is 2.27. The van der Waals surface area contributed by atoms with Crippen molar-refractivity contribution in [1.82, 2.24) is 14.9 Å². The fourth-order valence-corrected chi connectivity index (χ4v) is 7.63. The second kappa shape index (κ2) is 11.7. The molecule has 38 heavy (non-hydrogen) atoms. The number of hydrogen-bond donors (Lipinski definition) is 2. The molecule has 0 amide bonds. The summed E-state index contributed by atoms with van der Waals surface area (Å²) >= 11 is 14.1. The summed E-state index contributed by atoms with van der Waals surface area (Å²) in [4.78, 5) is 27.8. The molecule has 0 aliphatic carbocycles. The van der Waals surface area contributed by atoms with Gasteiger partial charge in [-0.3, -0.25) is 4.72 Å². The van der Waals surface area contributed by atoms with Gasteiger partial charge < -0.3 is 4.84 Å². The van der Waals surface area contributed by atoms with Crippen molar-refractivity contribution in [2.24, 2.45) is 0 Å². The van der Waals surface area contributed by atoms with Crippen LogP contribution in [0.5, 0.6) is 0 Å². The summed E-state index contributed by atoms with van der Waals surface area (Å²) in [6.45, 7) is 1.69. The molecule has 2 aromatic carbocycles. The lowest BCUT2D eigenvalue weighted by molar-refractivity contribution is -0.149. The molecule has 0 aliphatic heterocycles. The molecule has 0 saturated carbocycles. The van der Waals surface area contributed by atoms with Crippen LogP contribution in [-0.4, -0.2) is 32.8 Å². The van der Waals surface area contributed by atoms with Crippen LogP contribution in [-0.2, 0) is 29.7 Å². The van der Waals surface area contributed by atoms with Gasteiger partial charge in [0, 0.05) is 38.3 Å². The average molecular weight is 634 g/mol. The van der Waals surface area contributed by atoms with Gasteiger partial charge in [0.1, 0.15) is 5.01 Å². The lowest BCUT2D eigenvalue weighted by Gasteiger charge is -2.13. The Hall–Kier alpha value is -2.59. The monoisotopic (exact) mass is 632 g/mol. The van der Waals surface area contributed by atoms with E-state index in [9.17, 15) is 21.6 Å². The summed E-state index contributed by atoms with van der Waals surface area (Å²) in [7, 11) is -8.25. The number of nitrogens with one attached hydrogen (secondary N) is 2. The van der Waals surface area contributed by atoms with Crippen molar-refractivity contribution in [3.63, 3.8) is 0 Å². The van der Waals surface area contributed by atoms with E-state index in [4.69, 9.17) is 28.0 Å². The molecule has 1 unspecified atom stereocenters. The van der Waals surface area contributed by atoms with Crippen LogP contribution in [0.15, 0.2) is 70.0 Å². The normalized spacial score (nSPS) is 12.7. The third-order valence-electron chi connectivity index (χ3n) is 5.00. The van der Waals surface area contributed by atoms with Crippen LogP contribution < -0.4 is 9.61 Å². The molecule has 4 rings (SSSR count). The van der Waals surface area contributed by atoms with E-state index in [0.29, 0.717) is 15.4 Å². The molecule has 10 nitrogen and oxygen atoms in total. The third kappa shape index (κ3) is 6.69. The lowest BCUT2D eigenvalue weighted by Crippen LogP contribution is -2.29. The van der Waals surface area contributed by atoms with Crippen LogP contribution in [0.4, 0.5) is 5.13 Å². The first-order valence-corrected chi connectivity index (χ1v) is 16.1. The van der Waals surface area contributed by atoms with Crippen LogP contribution in [0.3, 0.4) is 0 Å². The van der Waals surface area contributed by atoms with Gasteiger partial charge in [0.05, 0.1) is 15.7 Å². The number of aromatic nitrogens is 2. The van der Waals surface area contributed by atoms with E-state index in [0.717, 1.165) is 11.3 Å². The van der Waals surface area contributed by atoms with Gasteiger partial charge >= 0.3 is 5.97 Å². The number of benzene rings is 2. The molecule has 16 heteroatoms. The number of carbonyl (C=O) groups excluding carboxylic acids is 1. The van der Waals surface area contributed by atoms with Gasteiger partial charge in [0.25, 0.3) is 20.0 Å². The van der Waals surface area contributed by atoms with Gasteiger partial charge in [-0.05, 0) is 41.6 Å². The van der Waals surface area contributed by atoms with Gasteiger partial charge in [-0.15, -0.1) is 22.7 Å². The summed E-state index contributed by atoms with van der Waals surface area (Å²) < 4.78 is 53.2. The van der Waals surface area contributed by atoms with Gasteiger partial charge in [0.15, 0.2) is 5.13 Å². The van der Waals surface area contributed by atoms with Gasteiger partial charge in [0.2, 0.25) is 0 Å². The molecule has 2 N–H and O–H groups in total. The second-order valence-corrected chi connectivity index (χ2v) is 13.8. The van der Waals surface area contributed by atoms with Crippen molar-refractivity contribution < 1.29 is 26.5 Å². The standard InChI is InChI=1S/C22H18Cl2N4O6S4/c1-2-18(19-12-26-22(36-19)27-37(30,31)17-10-14(23)9-15(24)11-17)21(29)34-28-38(32,33)16-5-3-4-13(8-16)20-25-6-7-35-20/h3-12,18,28H,2H2,1H3,(H,26,27). The molecule has 4 aromatic rings. The summed E-state index contributed by atoms with van der Waals surface area (Å²) in [6.07, 6.45) is 3.15. The van der Waals surface area contributed by atoms with E-state index in [1.165, 1.54) is 47.9 Å². The summed E-state index contributed by atoms with van der Waals surface area (Å²) in [5.41, 5.74) is 0.598. The number of thiazole rings is 2. The maximum absolute atomic E-state index is 12.8. The molecule has 0 saturated heterocycles. The molecular weight excluding hydrogens is 615 g/mol. The molecule has 0 spiro atoms. The summed E-state index contributed by atoms with van der Waals surface area (Å²) in [5.74, 6) is -1.79. The second-order valence-electron chi connectivity index (χ2n) is 7.61. The maximum atomic E-state index is 12.8. The Morgan fingerprint density at radius 2 is 1.76 bits per heavy atom. The zero-order valence-electron chi connectivity index (χ0n) is 19.3. The Balaban J connectivity index is 1.44. The van der Waals surface area contributed by atoms with Crippen molar-refractivity contribution in [3.8, 4) is 10.6 Å². The van der Waals surface area contributed by atoms with Gasteiger partial charge in [-0.1, -0.05) is 42.3 Å². The van der Waals surface area contributed by atoms with Gasteiger partial charge in [-0.25, -0.2) is 31.6 Å². The van der Waals surface area contributed by atoms with Crippen LogP contribution in [0, 0.1) is 0 Å². The summed E-state index contributed by atoms with van der Waals surface area (Å²) in [6, 6.07) is 9.91. The van der Waals surface area contributed by atoms with Crippen molar-refractivity contribution in [3.05, 3.63) is 75.2 Å². The van der Waals surface area contributed by atoms with E-state index < -0.39 is 31.9 Å². The Bertz CT molecular complexity index is 1660. The average Bonchev–Trinajstić information content (AvgIpc) is 3.55. The Morgan fingerprint density at radius 1 is 1.03 bits per heavy atom.